The van der Waals surface area contributed by atoms with Gasteiger partial charge in [0.1, 0.15) is 12.1 Å². The summed E-state index contributed by atoms with van der Waals surface area (Å²) >= 11 is 0. The average Bonchev–Trinajstić information content (AvgIpc) is 2.66. The van der Waals surface area contributed by atoms with Gasteiger partial charge in [-0.15, -0.1) is 0 Å². The fourth-order valence-corrected chi connectivity index (χ4v) is 3.08. The van der Waals surface area contributed by atoms with E-state index in [1.54, 1.807) is 30.3 Å². The van der Waals surface area contributed by atoms with Crippen molar-refractivity contribution < 1.29 is 32.1 Å². The second-order valence-electron chi connectivity index (χ2n) is 5.82. The number of β-lactam (4-membered cyclic amide) rings is 1. The standard InChI is InChI=1S/C15H19N5O7S/c1-16-14(23)19(2)15(24)18-11(9-6-4-3-5-7-9)12(21)17-10-8-20(13(10)22)28(25,26)27/h3-7,10-11H,8H2,1-2H3,(H,16,23)(H,17,21)(H,18,24)(H,25,26,27). The zero-order valence-corrected chi connectivity index (χ0v) is 15.8. The van der Waals surface area contributed by atoms with Gasteiger partial charge < -0.3 is 16.0 Å². The summed E-state index contributed by atoms with van der Waals surface area (Å²) in [6.07, 6.45) is 0. The van der Waals surface area contributed by atoms with Gasteiger partial charge in [0.15, 0.2) is 0 Å². The molecule has 0 radical (unpaired) electrons. The molecule has 6 amide bonds. The fraction of sp³-hybridized carbons (Fsp3) is 0.333. The number of urea groups is 2. The van der Waals surface area contributed by atoms with Crippen molar-refractivity contribution in [2.75, 3.05) is 20.6 Å². The van der Waals surface area contributed by atoms with Gasteiger partial charge in [0.05, 0.1) is 6.54 Å². The van der Waals surface area contributed by atoms with Crippen molar-refractivity contribution in [2.45, 2.75) is 12.1 Å². The zero-order valence-electron chi connectivity index (χ0n) is 14.9. The van der Waals surface area contributed by atoms with Gasteiger partial charge in [-0.2, -0.15) is 8.42 Å². The summed E-state index contributed by atoms with van der Waals surface area (Å²) < 4.78 is 31.0. The maximum Gasteiger partial charge on any atom is 0.362 e. The highest BCUT2D eigenvalue weighted by atomic mass is 32.2. The van der Waals surface area contributed by atoms with Crippen LogP contribution in [-0.4, -0.2) is 72.7 Å². The maximum atomic E-state index is 12.6. The lowest BCUT2D eigenvalue weighted by Crippen LogP contribution is -2.66. The first-order chi connectivity index (χ1) is 13.1. The van der Waals surface area contributed by atoms with E-state index >= 15 is 0 Å². The van der Waals surface area contributed by atoms with Crippen LogP contribution in [0.1, 0.15) is 11.6 Å². The molecule has 1 aliphatic heterocycles. The number of carbonyl (C=O) groups is 4. The lowest BCUT2D eigenvalue weighted by molar-refractivity contribution is -0.141. The van der Waals surface area contributed by atoms with Crippen molar-refractivity contribution in [3.05, 3.63) is 35.9 Å². The number of nitrogens with one attached hydrogen (secondary N) is 3. The molecule has 1 aromatic carbocycles. The molecule has 2 atom stereocenters. The largest absolute Gasteiger partial charge is 0.362 e. The summed E-state index contributed by atoms with van der Waals surface area (Å²) in [6, 6.07) is 4.04. The van der Waals surface area contributed by atoms with E-state index in [4.69, 9.17) is 4.55 Å². The van der Waals surface area contributed by atoms with Crippen LogP contribution in [0.25, 0.3) is 0 Å². The lowest BCUT2D eigenvalue weighted by atomic mass is 10.0. The van der Waals surface area contributed by atoms with Crippen molar-refractivity contribution in [3.63, 3.8) is 0 Å². The number of benzene rings is 1. The van der Waals surface area contributed by atoms with E-state index in [9.17, 15) is 27.6 Å². The van der Waals surface area contributed by atoms with Gasteiger partial charge in [-0.1, -0.05) is 30.3 Å². The molecule has 1 fully saturated rings. The monoisotopic (exact) mass is 413 g/mol. The van der Waals surface area contributed by atoms with Crippen LogP contribution in [0.3, 0.4) is 0 Å². The van der Waals surface area contributed by atoms with E-state index in [2.05, 4.69) is 16.0 Å². The highest BCUT2D eigenvalue weighted by molar-refractivity contribution is 7.84. The highest BCUT2D eigenvalue weighted by Crippen LogP contribution is 2.18. The Morgan fingerprint density at radius 3 is 2.32 bits per heavy atom. The van der Waals surface area contributed by atoms with Crippen LogP contribution in [0.4, 0.5) is 9.59 Å². The topological polar surface area (TPSA) is 165 Å². The number of carbonyl (C=O) groups excluding carboxylic acids is 4. The summed E-state index contributed by atoms with van der Waals surface area (Å²) in [5, 5.41) is 6.95. The number of hydrogen-bond donors (Lipinski definition) is 4. The van der Waals surface area contributed by atoms with Crippen LogP contribution in [0.15, 0.2) is 30.3 Å². The van der Waals surface area contributed by atoms with Crippen LogP contribution < -0.4 is 16.0 Å². The summed E-state index contributed by atoms with van der Waals surface area (Å²) in [5.41, 5.74) is 0.372. The molecule has 12 nitrogen and oxygen atoms in total. The van der Waals surface area contributed by atoms with Crippen molar-refractivity contribution >= 4 is 34.2 Å². The molecule has 0 bridgehead atoms. The Balaban J connectivity index is 2.14. The third kappa shape index (κ3) is 4.55. The normalized spacial score (nSPS) is 17.2. The summed E-state index contributed by atoms with van der Waals surface area (Å²) in [6.45, 7) is -0.434. The van der Waals surface area contributed by atoms with Crippen molar-refractivity contribution in [1.29, 1.82) is 0 Å². The van der Waals surface area contributed by atoms with Gasteiger partial charge in [0, 0.05) is 14.1 Å². The summed E-state index contributed by atoms with van der Waals surface area (Å²) in [5.74, 6) is -1.80. The third-order valence-corrected chi connectivity index (χ3v) is 4.86. The van der Waals surface area contributed by atoms with Gasteiger partial charge in [-0.05, 0) is 5.56 Å². The van der Waals surface area contributed by atoms with Crippen molar-refractivity contribution in [1.82, 2.24) is 25.2 Å². The molecule has 28 heavy (non-hydrogen) atoms. The van der Waals surface area contributed by atoms with Gasteiger partial charge in [-0.25, -0.2) is 18.8 Å². The highest BCUT2D eigenvalue weighted by Gasteiger charge is 2.45. The van der Waals surface area contributed by atoms with Crippen molar-refractivity contribution in [2.24, 2.45) is 0 Å². The molecule has 1 saturated heterocycles. The number of imide groups is 1. The second kappa shape index (κ2) is 8.22. The molecular formula is C15H19N5O7S. The smallest absolute Gasteiger partial charge is 0.341 e. The van der Waals surface area contributed by atoms with Gasteiger partial charge in [-0.3, -0.25) is 14.1 Å². The molecule has 1 aliphatic rings. The number of nitrogens with zero attached hydrogens (tertiary/aromatic N) is 2. The molecule has 2 unspecified atom stereocenters. The van der Waals surface area contributed by atoms with Crippen LogP contribution in [0, 0.1) is 0 Å². The Kier molecular flexibility index (Phi) is 6.20. The van der Waals surface area contributed by atoms with E-state index in [1.165, 1.54) is 14.1 Å². The van der Waals surface area contributed by atoms with Crippen LogP contribution >= 0.6 is 0 Å². The van der Waals surface area contributed by atoms with E-state index < -0.39 is 52.8 Å². The van der Waals surface area contributed by atoms with Gasteiger partial charge in [0.25, 0.3) is 5.91 Å². The molecule has 2 rings (SSSR count). The first-order valence-corrected chi connectivity index (χ1v) is 9.36. The van der Waals surface area contributed by atoms with E-state index in [-0.39, 0.29) is 4.31 Å². The molecule has 0 aromatic heterocycles. The number of rotatable bonds is 5. The fourth-order valence-electron chi connectivity index (χ4n) is 2.39. The summed E-state index contributed by atoms with van der Waals surface area (Å²) in [4.78, 5) is 48.9. The Hall–Kier alpha value is -3.19. The van der Waals surface area contributed by atoms with Crippen molar-refractivity contribution in [3.8, 4) is 0 Å². The predicted octanol–water partition coefficient (Wildman–Crippen LogP) is -1.16. The van der Waals surface area contributed by atoms with Crippen LogP contribution in [0.5, 0.6) is 0 Å². The van der Waals surface area contributed by atoms with Gasteiger partial charge >= 0.3 is 22.4 Å². The lowest BCUT2D eigenvalue weighted by Gasteiger charge is -2.36. The Labute approximate surface area is 160 Å². The van der Waals surface area contributed by atoms with E-state index in [0.717, 1.165) is 4.90 Å². The number of hydrogen-bond acceptors (Lipinski definition) is 6. The molecular weight excluding hydrogens is 394 g/mol. The minimum absolute atomic E-state index is 0.202. The van der Waals surface area contributed by atoms with Crippen LogP contribution in [0.2, 0.25) is 0 Å². The molecule has 0 spiro atoms. The maximum absolute atomic E-state index is 12.6. The first-order valence-electron chi connectivity index (χ1n) is 7.96. The zero-order chi connectivity index (χ0) is 21.1. The van der Waals surface area contributed by atoms with Gasteiger partial charge in [0.2, 0.25) is 5.91 Å². The molecule has 4 N–H and O–H groups in total. The predicted molar refractivity (Wildman–Crippen MR) is 95.1 cm³/mol. The van der Waals surface area contributed by atoms with E-state index in [0.29, 0.717) is 5.56 Å². The molecule has 152 valence electrons. The average molecular weight is 413 g/mol. The molecule has 1 heterocycles. The Morgan fingerprint density at radius 1 is 1.21 bits per heavy atom. The Morgan fingerprint density at radius 2 is 1.82 bits per heavy atom. The molecule has 0 saturated carbocycles. The molecule has 0 aliphatic carbocycles. The minimum atomic E-state index is -4.69. The second-order valence-corrected chi connectivity index (χ2v) is 7.15. The first kappa shape index (κ1) is 21.1. The Bertz CT molecular complexity index is 889. The SMILES string of the molecule is CNC(=O)N(C)C(=O)NC(C(=O)NC1CN(S(=O)(=O)O)C1=O)c1ccccc1. The number of amides is 6. The third-order valence-electron chi connectivity index (χ3n) is 3.97. The molecule has 1 aromatic rings. The van der Waals surface area contributed by atoms with Crippen LogP contribution in [-0.2, 0) is 19.9 Å². The van der Waals surface area contributed by atoms with E-state index in [1.807, 2.05) is 0 Å². The quantitative estimate of drug-likeness (QED) is 0.349. The minimum Gasteiger partial charge on any atom is -0.341 e. The molecule has 13 heteroatoms. The summed E-state index contributed by atoms with van der Waals surface area (Å²) in [7, 11) is -2.16.